The third kappa shape index (κ3) is 3.39. The number of nitrogens with one attached hydrogen (secondary N) is 1. The van der Waals surface area contributed by atoms with Crippen molar-refractivity contribution in [1.82, 2.24) is 14.7 Å². The van der Waals surface area contributed by atoms with Crippen LogP contribution < -0.4 is 10.9 Å². The van der Waals surface area contributed by atoms with Gasteiger partial charge in [-0.1, -0.05) is 41.6 Å². The van der Waals surface area contributed by atoms with Gasteiger partial charge in [-0.25, -0.2) is 0 Å². The van der Waals surface area contributed by atoms with Crippen LogP contribution in [0.3, 0.4) is 0 Å². The predicted molar refractivity (Wildman–Crippen MR) is 113 cm³/mol. The number of nitrogens with zero attached hydrogens (tertiary/aromatic N) is 3. The van der Waals surface area contributed by atoms with Gasteiger partial charge in [0.25, 0.3) is 11.4 Å². The van der Waals surface area contributed by atoms with E-state index in [9.17, 15) is 9.59 Å². The molecule has 7 nitrogen and oxygen atoms in total. The molecule has 150 valence electrons. The minimum Gasteiger partial charge on any atom is -0.334 e. The third-order valence-corrected chi connectivity index (χ3v) is 5.35. The van der Waals surface area contributed by atoms with Crippen molar-refractivity contribution in [3.63, 3.8) is 0 Å². The fourth-order valence-corrected chi connectivity index (χ4v) is 3.57. The molecule has 1 N–H and O–H groups in total. The van der Waals surface area contributed by atoms with Gasteiger partial charge in [-0.05, 0) is 37.5 Å². The number of aromatic nitrogens is 3. The Morgan fingerprint density at radius 3 is 2.73 bits per heavy atom. The number of amides is 1. The first-order valence-electron chi connectivity index (χ1n) is 9.92. The number of fused-ring (bicyclic) bond motifs is 1. The van der Waals surface area contributed by atoms with Crippen molar-refractivity contribution >= 4 is 22.5 Å². The van der Waals surface area contributed by atoms with Gasteiger partial charge < -0.3 is 9.84 Å². The molecule has 2 aromatic heterocycles. The number of anilines is 1. The second-order valence-electron chi connectivity index (χ2n) is 7.59. The Bertz CT molecular complexity index is 1320. The van der Waals surface area contributed by atoms with Gasteiger partial charge in [0.2, 0.25) is 5.91 Å². The first kappa shape index (κ1) is 18.3. The van der Waals surface area contributed by atoms with E-state index >= 15 is 0 Å². The van der Waals surface area contributed by atoms with Crippen LogP contribution in [0.2, 0.25) is 0 Å². The van der Waals surface area contributed by atoms with Gasteiger partial charge in [0.1, 0.15) is 6.54 Å². The van der Waals surface area contributed by atoms with Crippen LogP contribution in [0.15, 0.2) is 63.9 Å². The highest BCUT2D eigenvalue weighted by Gasteiger charge is 2.29. The van der Waals surface area contributed by atoms with Crippen LogP contribution >= 0.6 is 0 Å². The van der Waals surface area contributed by atoms with Gasteiger partial charge in [0.05, 0.1) is 11.1 Å². The summed E-state index contributed by atoms with van der Waals surface area (Å²) >= 11 is 0. The van der Waals surface area contributed by atoms with Crippen LogP contribution in [-0.4, -0.2) is 20.6 Å². The quantitative estimate of drug-likeness (QED) is 0.549. The molecule has 5 rings (SSSR count). The highest BCUT2D eigenvalue weighted by atomic mass is 16.5. The zero-order valence-electron chi connectivity index (χ0n) is 16.5. The summed E-state index contributed by atoms with van der Waals surface area (Å²) in [5.41, 5.74) is 2.63. The zero-order chi connectivity index (χ0) is 20.7. The molecular formula is C23H20N4O3. The molecule has 0 spiro atoms. The fourth-order valence-electron chi connectivity index (χ4n) is 3.57. The summed E-state index contributed by atoms with van der Waals surface area (Å²) in [6.07, 6.45) is 2.13. The van der Waals surface area contributed by atoms with Crippen molar-refractivity contribution in [2.24, 2.45) is 0 Å². The smallest absolute Gasteiger partial charge is 0.258 e. The number of hydrogen-bond acceptors (Lipinski definition) is 5. The summed E-state index contributed by atoms with van der Waals surface area (Å²) in [6, 6.07) is 16.4. The Hall–Kier alpha value is -3.74. The first-order chi connectivity index (χ1) is 14.6. The van der Waals surface area contributed by atoms with Crippen molar-refractivity contribution in [3.05, 3.63) is 76.3 Å². The first-order valence-corrected chi connectivity index (χ1v) is 9.92. The van der Waals surface area contributed by atoms with E-state index in [1.165, 1.54) is 10.6 Å². The molecule has 0 aliphatic heterocycles. The van der Waals surface area contributed by atoms with Crippen LogP contribution in [0.25, 0.3) is 22.4 Å². The molecule has 0 atom stereocenters. The van der Waals surface area contributed by atoms with Gasteiger partial charge in [0, 0.05) is 23.1 Å². The van der Waals surface area contributed by atoms with Crippen molar-refractivity contribution in [2.45, 2.75) is 32.2 Å². The molecule has 1 amide bonds. The minimum atomic E-state index is -0.296. The Kier molecular flexibility index (Phi) is 4.43. The molecule has 0 unspecified atom stereocenters. The van der Waals surface area contributed by atoms with Crippen LogP contribution in [0.4, 0.5) is 5.69 Å². The number of aryl methyl sites for hydroxylation is 1. The maximum absolute atomic E-state index is 12.9. The molecule has 7 heteroatoms. The topological polar surface area (TPSA) is 90.0 Å². The van der Waals surface area contributed by atoms with Crippen LogP contribution in [0, 0.1) is 6.92 Å². The lowest BCUT2D eigenvalue weighted by Crippen LogP contribution is -2.28. The van der Waals surface area contributed by atoms with Gasteiger partial charge in [-0.3, -0.25) is 14.2 Å². The molecule has 0 radical (unpaired) electrons. The van der Waals surface area contributed by atoms with Crippen molar-refractivity contribution in [1.29, 1.82) is 0 Å². The van der Waals surface area contributed by atoms with E-state index in [0.717, 1.165) is 29.5 Å². The maximum Gasteiger partial charge on any atom is 0.258 e. The molecule has 0 bridgehead atoms. The number of carbonyl (C=O) groups is 1. The van der Waals surface area contributed by atoms with E-state index in [-0.39, 0.29) is 18.0 Å². The van der Waals surface area contributed by atoms with Crippen LogP contribution in [-0.2, 0) is 11.3 Å². The highest BCUT2D eigenvalue weighted by molar-refractivity contribution is 5.95. The summed E-state index contributed by atoms with van der Waals surface area (Å²) < 4.78 is 6.90. The standard InChI is InChI=1S/C23H20N4O3/c1-14-6-2-4-8-18(14)24-20(28)13-27-19-9-5-3-7-16(19)17(12-21(27)29)23-25-22(26-30-23)15-10-11-15/h2-9,12,15H,10-11,13H2,1H3,(H,24,28). The SMILES string of the molecule is Cc1ccccc1NC(=O)Cn1c(=O)cc(-c2nc(C3CC3)no2)c2ccccc21. The number of benzene rings is 2. The third-order valence-electron chi connectivity index (χ3n) is 5.35. The Labute approximate surface area is 172 Å². The maximum atomic E-state index is 12.9. The number of carbonyl (C=O) groups excluding carboxylic acids is 1. The molecule has 1 saturated carbocycles. The summed E-state index contributed by atoms with van der Waals surface area (Å²) in [7, 11) is 0. The second kappa shape index (κ2) is 7.26. The van der Waals surface area contributed by atoms with E-state index in [1.807, 2.05) is 55.5 Å². The van der Waals surface area contributed by atoms with E-state index in [0.29, 0.717) is 28.7 Å². The van der Waals surface area contributed by atoms with Gasteiger partial charge in [-0.2, -0.15) is 4.98 Å². The lowest BCUT2D eigenvalue weighted by Gasteiger charge is -2.13. The molecule has 2 heterocycles. The molecule has 4 aromatic rings. The minimum absolute atomic E-state index is 0.0921. The molecular weight excluding hydrogens is 380 g/mol. The molecule has 2 aromatic carbocycles. The number of pyridine rings is 1. The van der Waals surface area contributed by atoms with Crippen LogP contribution in [0.5, 0.6) is 0 Å². The average molecular weight is 400 g/mol. The lowest BCUT2D eigenvalue weighted by molar-refractivity contribution is -0.116. The second-order valence-corrected chi connectivity index (χ2v) is 7.59. The Balaban J connectivity index is 1.51. The van der Waals surface area contributed by atoms with Crippen molar-refractivity contribution in [3.8, 4) is 11.5 Å². The number of rotatable bonds is 5. The fraction of sp³-hybridized carbons (Fsp3) is 0.217. The van der Waals surface area contributed by atoms with Crippen molar-refractivity contribution in [2.75, 3.05) is 5.32 Å². The largest absolute Gasteiger partial charge is 0.334 e. The molecule has 30 heavy (non-hydrogen) atoms. The zero-order valence-corrected chi connectivity index (χ0v) is 16.5. The number of para-hydroxylation sites is 2. The summed E-state index contributed by atoms with van der Waals surface area (Å²) in [6.45, 7) is 1.83. The van der Waals surface area contributed by atoms with E-state index in [2.05, 4.69) is 15.5 Å². The average Bonchev–Trinajstić information content (AvgIpc) is 3.48. The molecule has 1 aliphatic rings. The number of hydrogen-bond donors (Lipinski definition) is 1. The summed E-state index contributed by atoms with van der Waals surface area (Å²) in [4.78, 5) is 30.1. The normalized spacial score (nSPS) is 13.5. The van der Waals surface area contributed by atoms with Crippen LogP contribution in [0.1, 0.15) is 30.1 Å². The molecule has 0 saturated heterocycles. The molecule has 1 fully saturated rings. The molecule has 1 aliphatic carbocycles. The van der Waals surface area contributed by atoms with Gasteiger partial charge in [-0.15, -0.1) is 0 Å². The van der Waals surface area contributed by atoms with Crippen molar-refractivity contribution < 1.29 is 9.32 Å². The van der Waals surface area contributed by atoms with E-state index < -0.39 is 0 Å². The Morgan fingerprint density at radius 2 is 1.93 bits per heavy atom. The highest BCUT2D eigenvalue weighted by Crippen LogP contribution is 2.39. The lowest BCUT2D eigenvalue weighted by atomic mass is 10.1. The van der Waals surface area contributed by atoms with E-state index in [1.54, 1.807) is 0 Å². The predicted octanol–water partition coefficient (Wildman–Crippen LogP) is 3.88. The van der Waals surface area contributed by atoms with Gasteiger partial charge >= 0.3 is 0 Å². The summed E-state index contributed by atoms with van der Waals surface area (Å²) in [5.74, 6) is 1.12. The monoisotopic (exact) mass is 400 g/mol. The summed E-state index contributed by atoms with van der Waals surface area (Å²) in [5, 5.41) is 7.72. The van der Waals surface area contributed by atoms with E-state index in [4.69, 9.17) is 4.52 Å². The van der Waals surface area contributed by atoms with Gasteiger partial charge in [0.15, 0.2) is 5.82 Å². The Morgan fingerprint density at radius 1 is 1.17 bits per heavy atom.